The van der Waals surface area contributed by atoms with Gasteiger partial charge in [-0.2, -0.15) is 0 Å². The van der Waals surface area contributed by atoms with Gasteiger partial charge in [0.25, 0.3) is 0 Å². The van der Waals surface area contributed by atoms with E-state index in [0.29, 0.717) is 5.92 Å². The van der Waals surface area contributed by atoms with Gasteiger partial charge in [-0.05, 0) is 36.8 Å². The molecular weight excluding hydrogens is 184 g/mol. The second-order valence-corrected chi connectivity index (χ2v) is 4.09. The molecule has 1 N–H and O–H groups in total. The third-order valence-corrected chi connectivity index (χ3v) is 3.09. The molecule has 13 heavy (non-hydrogen) atoms. The molecule has 2 unspecified atom stereocenters. The number of hydrogen-bond donors (Lipinski definition) is 1. The Labute approximate surface area is 83.3 Å². The Morgan fingerprint density at radius 3 is 2.62 bits per heavy atom. The Kier molecular flexibility index (Phi) is 2.56. The van der Waals surface area contributed by atoms with Gasteiger partial charge in [0.05, 0.1) is 6.10 Å². The lowest BCUT2D eigenvalue weighted by atomic mass is 9.98. The topological polar surface area (TPSA) is 20.2 Å². The van der Waals surface area contributed by atoms with Gasteiger partial charge in [-0.1, -0.05) is 29.8 Å². The van der Waals surface area contributed by atoms with Crippen LogP contribution in [-0.2, 0) is 0 Å². The van der Waals surface area contributed by atoms with Crippen molar-refractivity contribution < 1.29 is 5.11 Å². The summed E-state index contributed by atoms with van der Waals surface area (Å²) in [7, 11) is 0. The predicted molar refractivity (Wildman–Crippen MR) is 54.1 cm³/mol. The van der Waals surface area contributed by atoms with Gasteiger partial charge in [0.15, 0.2) is 0 Å². The average Bonchev–Trinajstić information content (AvgIpc) is 2.53. The molecule has 1 aromatic carbocycles. The zero-order valence-electron chi connectivity index (χ0n) is 7.41. The van der Waals surface area contributed by atoms with Crippen LogP contribution in [-0.4, -0.2) is 11.2 Å². The van der Waals surface area contributed by atoms with Crippen molar-refractivity contribution in [2.24, 2.45) is 0 Å². The van der Waals surface area contributed by atoms with Gasteiger partial charge in [0.2, 0.25) is 0 Å². The maximum absolute atomic E-state index is 9.41. The lowest BCUT2D eigenvalue weighted by molar-refractivity contribution is 0.181. The molecule has 2 rings (SSSR count). The number of benzene rings is 1. The van der Waals surface area contributed by atoms with Gasteiger partial charge in [-0.25, -0.2) is 0 Å². The molecule has 1 aliphatic carbocycles. The maximum Gasteiger partial charge on any atom is 0.0546 e. The molecule has 0 amide bonds. The Hall–Kier alpha value is -0.530. The number of aliphatic hydroxyl groups excluding tert-OH is 1. The summed E-state index contributed by atoms with van der Waals surface area (Å²) >= 11 is 6.07. The molecule has 70 valence electrons. The Balaban J connectivity index is 2.21. The molecule has 0 aromatic heterocycles. The molecule has 2 atom stereocenters. The fourth-order valence-electron chi connectivity index (χ4n) is 2.05. The molecule has 0 saturated heterocycles. The van der Waals surface area contributed by atoms with E-state index in [-0.39, 0.29) is 6.10 Å². The highest BCUT2D eigenvalue weighted by atomic mass is 35.5. The number of rotatable bonds is 1. The number of hydrogen-bond acceptors (Lipinski definition) is 1. The van der Waals surface area contributed by atoms with Crippen LogP contribution in [0.1, 0.15) is 30.7 Å². The SMILES string of the molecule is OC1CCC(c2ccccc2Cl)C1. The molecule has 1 aliphatic rings. The van der Waals surface area contributed by atoms with Crippen LogP contribution >= 0.6 is 11.6 Å². The third-order valence-electron chi connectivity index (χ3n) is 2.75. The van der Waals surface area contributed by atoms with Gasteiger partial charge in [0.1, 0.15) is 0 Å². The van der Waals surface area contributed by atoms with Crippen LogP contribution in [0.2, 0.25) is 5.02 Å². The molecule has 0 aliphatic heterocycles. The summed E-state index contributed by atoms with van der Waals surface area (Å²) in [6, 6.07) is 7.93. The van der Waals surface area contributed by atoms with Crippen molar-refractivity contribution in [2.45, 2.75) is 31.3 Å². The molecule has 1 nitrogen and oxygen atoms in total. The van der Waals surface area contributed by atoms with Crippen LogP contribution in [0.5, 0.6) is 0 Å². The third kappa shape index (κ3) is 1.87. The summed E-state index contributed by atoms with van der Waals surface area (Å²) in [6.45, 7) is 0. The van der Waals surface area contributed by atoms with Gasteiger partial charge >= 0.3 is 0 Å². The highest BCUT2D eigenvalue weighted by Gasteiger charge is 2.25. The van der Waals surface area contributed by atoms with Crippen LogP contribution in [0.25, 0.3) is 0 Å². The monoisotopic (exact) mass is 196 g/mol. The Morgan fingerprint density at radius 2 is 2.00 bits per heavy atom. The van der Waals surface area contributed by atoms with Gasteiger partial charge in [0, 0.05) is 5.02 Å². The van der Waals surface area contributed by atoms with Crippen LogP contribution in [0.15, 0.2) is 24.3 Å². The first-order valence-corrected chi connectivity index (χ1v) is 5.07. The van der Waals surface area contributed by atoms with Gasteiger partial charge < -0.3 is 5.11 Å². The first kappa shape index (κ1) is 9.04. The van der Waals surface area contributed by atoms with Crippen molar-refractivity contribution in [3.8, 4) is 0 Å². The molecule has 0 heterocycles. The zero-order chi connectivity index (χ0) is 9.26. The minimum atomic E-state index is -0.124. The first-order valence-electron chi connectivity index (χ1n) is 4.70. The molecule has 0 spiro atoms. The van der Waals surface area contributed by atoms with E-state index in [4.69, 9.17) is 11.6 Å². The largest absolute Gasteiger partial charge is 0.393 e. The second kappa shape index (κ2) is 3.69. The van der Waals surface area contributed by atoms with Crippen LogP contribution in [0.3, 0.4) is 0 Å². The van der Waals surface area contributed by atoms with Crippen molar-refractivity contribution in [1.29, 1.82) is 0 Å². The van der Waals surface area contributed by atoms with E-state index in [2.05, 4.69) is 6.07 Å². The molecule has 1 saturated carbocycles. The van der Waals surface area contributed by atoms with Gasteiger partial charge in [-0.15, -0.1) is 0 Å². The Bertz CT molecular complexity index is 298. The molecular formula is C11H13ClO. The fourth-order valence-corrected chi connectivity index (χ4v) is 2.34. The standard InChI is InChI=1S/C11H13ClO/c12-11-4-2-1-3-10(11)8-5-6-9(13)7-8/h1-4,8-9,13H,5-7H2. The molecule has 1 aromatic rings. The van der Waals surface area contributed by atoms with E-state index in [1.54, 1.807) is 0 Å². The quantitative estimate of drug-likeness (QED) is 0.732. The maximum atomic E-state index is 9.41. The normalized spacial score (nSPS) is 27.8. The Morgan fingerprint density at radius 1 is 1.23 bits per heavy atom. The van der Waals surface area contributed by atoms with Crippen molar-refractivity contribution in [2.75, 3.05) is 0 Å². The van der Waals surface area contributed by atoms with E-state index in [1.807, 2.05) is 18.2 Å². The molecule has 0 radical (unpaired) electrons. The molecule has 0 bridgehead atoms. The summed E-state index contributed by atoms with van der Waals surface area (Å²) in [5, 5.41) is 10.2. The summed E-state index contributed by atoms with van der Waals surface area (Å²) in [5.74, 6) is 0.462. The second-order valence-electron chi connectivity index (χ2n) is 3.69. The minimum absolute atomic E-state index is 0.124. The molecule has 1 fully saturated rings. The van der Waals surface area contributed by atoms with E-state index < -0.39 is 0 Å². The highest BCUT2D eigenvalue weighted by Crippen LogP contribution is 2.37. The van der Waals surface area contributed by atoms with Crippen molar-refractivity contribution in [3.63, 3.8) is 0 Å². The highest BCUT2D eigenvalue weighted by molar-refractivity contribution is 6.31. The first-order chi connectivity index (χ1) is 6.27. The summed E-state index contributed by atoms with van der Waals surface area (Å²) in [5.41, 5.74) is 1.20. The summed E-state index contributed by atoms with van der Waals surface area (Å²) in [4.78, 5) is 0. The smallest absolute Gasteiger partial charge is 0.0546 e. The number of halogens is 1. The van der Waals surface area contributed by atoms with E-state index >= 15 is 0 Å². The van der Waals surface area contributed by atoms with Crippen molar-refractivity contribution >= 4 is 11.6 Å². The zero-order valence-corrected chi connectivity index (χ0v) is 8.17. The average molecular weight is 197 g/mol. The summed E-state index contributed by atoms with van der Waals surface area (Å²) in [6.07, 6.45) is 2.71. The minimum Gasteiger partial charge on any atom is -0.393 e. The molecule has 2 heteroatoms. The van der Waals surface area contributed by atoms with Gasteiger partial charge in [-0.3, -0.25) is 0 Å². The predicted octanol–water partition coefficient (Wildman–Crippen LogP) is 2.97. The van der Waals surface area contributed by atoms with Crippen molar-refractivity contribution in [3.05, 3.63) is 34.9 Å². The lowest BCUT2D eigenvalue weighted by Gasteiger charge is -2.10. The fraction of sp³-hybridized carbons (Fsp3) is 0.455. The van der Waals surface area contributed by atoms with E-state index in [1.165, 1.54) is 5.56 Å². The van der Waals surface area contributed by atoms with Crippen LogP contribution in [0, 0.1) is 0 Å². The van der Waals surface area contributed by atoms with Crippen molar-refractivity contribution in [1.82, 2.24) is 0 Å². The van der Waals surface area contributed by atoms with Crippen LogP contribution < -0.4 is 0 Å². The lowest BCUT2D eigenvalue weighted by Crippen LogP contribution is -1.99. The van der Waals surface area contributed by atoms with Crippen LogP contribution in [0.4, 0.5) is 0 Å². The summed E-state index contributed by atoms with van der Waals surface area (Å²) < 4.78 is 0. The number of aliphatic hydroxyl groups is 1. The van der Waals surface area contributed by atoms with E-state index in [9.17, 15) is 5.11 Å². The van der Waals surface area contributed by atoms with E-state index in [0.717, 1.165) is 24.3 Å².